The van der Waals surface area contributed by atoms with Crippen molar-refractivity contribution in [1.29, 1.82) is 0 Å². The average molecular weight is 813 g/mol. The third-order valence-electron chi connectivity index (χ3n) is 10.6. The zero-order valence-electron chi connectivity index (χ0n) is 31.8. The lowest BCUT2D eigenvalue weighted by molar-refractivity contribution is -0.120. The fourth-order valence-corrected chi connectivity index (χ4v) is 8.47. The maximum atomic E-state index is 15.5. The minimum Gasteiger partial charge on any atom is -0.495 e. The molecule has 302 valence electrons. The van der Waals surface area contributed by atoms with Gasteiger partial charge >= 0.3 is 6.03 Å². The number of halogens is 1. The smallest absolute Gasteiger partial charge is 0.328 e. The van der Waals surface area contributed by atoms with Crippen LogP contribution >= 0.6 is 0 Å². The first-order chi connectivity index (χ1) is 27.9. The summed E-state index contributed by atoms with van der Waals surface area (Å²) in [5.74, 6) is -1.05. The third-order valence-corrected chi connectivity index (χ3v) is 12.5. The monoisotopic (exact) mass is 812 g/mol. The van der Waals surface area contributed by atoms with E-state index in [0.717, 1.165) is 30.0 Å². The van der Waals surface area contributed by atoms with Crippen LogP contribution in [0.4, 0.5) is 26.4 Å². The molecule has 2 saturated heterocycles. The molecule has 1 saturated carbocycles. The number of amides is 4. The van der Waals surface area contributed by atoms with Crippen molar-refractivity contribution in [3.05, 3.63) is 94.4 Å². The van der Waals surface area contributed by atoms with Crippen molar-refractivity contribution in [2.45, 2.75) is 37.1 Å². The number of imide groups is 1. The predicted molar refractivity (Wildman–Crippen MR) is 211 cm³/mol. The minimum atomic E-state index is -4.03. The first-order valence-corrected chi connectivity index (χ1v) is 20.3. The Kier molecular flexibility index (Phi) is 10.4. The van der Waals surface area contributed by atoms with Gasteiger partial charge in [0.05, 0.1) is 41.2 Å². The Morgan fingerprint density at radius 3 is 2.50 bits per heavy atom. The van der Waals surface area contributed by atoms with Crippen LogP contribution in [0, 0.1) is 12.7 Å². The van der Waals surface area contributed by atoms with E-state index < -0.39 is 21.9 Å². The zero-order chi connectivity index (χ0) is 40.7. The highest BCUT2D eigenvalue weighted by molar-refractivity contribution is 7.89. The standard InChI is InChI=1S/C39H41FN10O7S/c1-24-36(44-34-10-4-26(22-49(34)38(24)53)27-21-42-50(23-27)28-5-6-28)43-31-8-7-29(20-30(31)40)58(55,56)47-17-15-46(16-18-47)14-12-41-37(52)25-3-9-33(57-2)32(19-25)48-13-11-35(51)45-39(48)54/h3-4,7-10,19-23,28,43H,5-6,11-18H2,1-2H3,(H,41,52)(H,45,51,54). The lowest BCUT2D eigenvalue weighted by Gasteiger charge is -2.34. The number of pyridine rings is 1. The summed E-state index contributed by atoms with van der Waals surface area (Å²) in [6, 6.07) is 11.7. The van der Waals surface area contributed by atoms with E-state index >= 15 is 4.39 Å². The highest BCUT2D eigenvalue weighted by Crippen LogP contribution is 2.35. The molecule has 0 bridgehead atoms. The molecule has 3 aliphatic rings. The van der Waals surface area contributed by atoms with Crippen LogP contribution in [0.2, 0.25) is 0 Å². The molecule has 0 unspecified atom stereocenters. The second-order valence-electron chi connectivity index (χ2n) is 14.4. The Morgan fingerprint density at radius 1 is 0.983 bits per heavy atom. The number of carbonyl (C=O) groups excluding carboxylic acids is 3. The summed E-state index contributed by atoms with van der Waals surface area (Å²) in [5, 5.41) is 12.4. The lowest BCUT2D eigenvalue weighted by Crippen LogP contribution is -2.50. The van der Waals surface area contributed by atoms with Crippen molar-refractivity contribution in [1.82, 2.24) is 39.0 Å². The summed E-state index contributed by atoms with van der Waals surface area (Å²) in [6.45, 7) is 3.57. The summed E-state index contributed by atoms with van der Waals surface area (Å²) in [5.41, 5.74) is 2.60. The van der Waals surface area contributed by atoms with Gasteiger partial charge in [-0.1, -0.05) is 0 Å². The van der Waals surface area contributed by atoms with Crippen LogP contribution in [0.3, 0.4) is 0 Å². The number of ether oxygens (including phenoxy) is 1. The van der Waals surface area contributed by atoms with Gasteiger partial charge in [0.2, 0.25) is 15.9 Å². The molecule has 0 radical (unpaired) electrons. The molecule has 5 heterocycles. The summed E-state index contributed by atoms with van der Waals surface area (Å²) in [6.07, 6.45) is 7.77. The highest BCUT2D eigenvalue weighted by Gasteiger charge is 2.30. The number of piperazine rings is 1. The number of aromatic nitrogens is 4. The number of nitrogens with zero attached hydrogens (tertiary/aromatic N) is 7. The van der Waals surface area contributed by atoms with Crippen molar-refractivity contribution >= 4 is 50.7 Å². The molecule has 2 aromatic carbocycles. The van der Waals surface area contributed by atoms with Crippen molar-refractivity contribution in [2.75, 3.05) is 63.1 Å². The number of hydrogen-bond acceptors (Lipinski definition) is 11. The summed E-state index contributed by atoms with van der Waals surface area (Å²) in [7, 11) is -2.59. The van der Waals surface area contributed by atoms with E-state index in [1.165, 1.54) is 38.9 Å². The van der Waals surface area contributed by atoms with Crippen LogP contribution in [-0.4, -0.2) is 108 Å². The lowest BCUT2D eigenvalue weighted by atomic mass is 10.1. The van der Waals surface area contributed by atoms with E-state index in [0.29, 0.717) is 48.3 Å². The molecule has 2 aliphatic heterocycles. The second kappa shape index (κ2) is 15.6. The number of anilines is 3. The van der Waals surface area contributed by atoms with Gasteiger partial charge < -0.3 is 15.4 Å². The Bertz CT molecular complexity index is 2620. The number of rotatable bonds is 12. The number of hydrogen-bond donors (Lipinski definition) is 3. The summed E-state index contributed by atoms with van der Waals surface area (Å²) >= 11 is 0. The maximum absolute atomic E-state index is 15.5. The van der Waals surface area contributed by atoms with E-state index in [4.69, 9.17) is 4.74 Å². The number of methoxy groups -OCH3 is 1. The number of carbonyl (C=O) groups is 3. The van der Waals surface area contributed by atoms with E-state index in [2.05, 4.69) is 26.0 Å². The third kappa shape index (κ3) is 7.74. The van der Waals surface area contributed by atoms with Crippen LogP contribution < -0.4 is 31.1 Å². The largest absolute Gasteiger partial charge is 0.495 e. The Morgan fingerprint density at radius 2 is 1.78 bits per heavy atom. The van der Waals surface area contributed by atoms with Gasteiger partial charge in [-0.05, 0) is 68.3 Å². The molecule has 19 heteroatoms. The molecular formula is C39H41FN10O7S. The van der Waals surface area contributed by atoms with Gasteiger partial charge in [-0.2, -0.15) is 9.40 Å². The van der Waals surface area contributed by atoms with E-state index in [9.17, 15) is 27.6 Å². The van der Waals surface area contributed by atoms with E-state index in [1.54, 1.807) is 37.5 Å². The molecule has 58 heavy (non-hydrogen) atoms. The Labute approximate surface area is 332 Å². The second-order valence-corrected chi connectivity index (χ2v) is 16.3. The van der Waals surface area contributed by atoms with Gasteiger partial charge in [-0.15, -0.1) is 0 Å². The SMILES string of the molecule is COc1ccc(C(=O)NCCN2CCN(S(=O)(=O)c3ccc(Nc4nc5ccc(-c6cnn(C7CC7)c6)cn5c(=O)c4C)c(F)c3)CC2)cc1N1CCC(=O)NC1=O. The molecule has 3 aromatic heterocycles. The topological polar surface area (TPSA) is 193 Å². The minimum absolute atomic E-state index is 0.0337. The van der Waals surface area contributed by atoms with Crippen LogP contribution in [0.25, 0.3) is 16.8 Å². The molecular weight excluding hydrogens is 772 g/mol. The first kappa shape index (κ1) is 38.7. The molecule has 3 N–H and O–H groups in total. The van der Waals surface area contributed by atoms with Gasteiger partial charge in [0, 0.05) is 81.3 Å². The molecule has 1 aliphatic carbocycles. The number of fused-ring (bicyclic) bond motifs is 1. The molecule has 8 rings (SSSR count). The number of sulfonamides is 1. The molecule has 5 aromatic rings. The summed E-state index contributed by atoms with van der Waals surface area (Å²) < 4.78 is 52.7. The van der Waals surface area contributed by atoms with Gasteiger partial charge in [0.1, 0.15) is 23.0 Å². The average Bonchev–Trinajstić information content (AvgIpc) is 3.96. The normalized spacial score (nSPS) is 16.7. The molecule has 4 amide bonds. The molecule has 0 atom stereocenters. The predicted octanol–water partition coefficient (Wildman–Crippen LogP) is 3.28. The van der Waals surface area contributed by atoms with E-state index in [1.807, 2.05) is 21.8 Å². The van der Waals surface area contributed by atoms with Crippen LogP contribution in [-0.2, 0) is 14.8 Å². The van der Waals surface area contributed by atoms with Crippen molar-refractivity contribution in [3.8, 4) is 16.9 Å². The van der Waals surface area contributed by atoms with Gasteiger partial charge in [0.25, 0.3) is 11.5 Å². The number of nitrogens with one attached hydrogen (secondary N) is 3. The fraction of sp³-hybridized carbons (Fsp3) is 0.333. The Hall–Kier alpha value is -6.18. The first-order valence-electron chi connectivity index (χ1n) is 18.8. The molecule has 3 fully saturated rings. The number of benzene rings is 2. The highest BCUT2D eigenvalue weighted by atomic mass is 32.2. The fourth-order valence-electron chi connectivity index (χ4n) is 7.04. The van der Waals surface area contributed by atoms with Crippen LogP contribution in [0.5, 0.6) is 5.75 Å². The van der Waals surface area contributed by atoms with Crippen LogP contribution in [0.15, 0.2) is 76.8 Å². The maximum Gasteiger partial charge on any atom is 0.328 e. The van der Waals surface area contributed by atoms with Crippen molar-refractivity contribution < 1.29 is 31.9 Å². The molecule has 17 nitrogen and oxygen atoms in total. The van der Waals surface area contributed by atoms with Crippen molar-refractivity contribution in [2.24, 2.45) is 0 Å². The summed E-state index contributed by atoms with van der Waals surface area (Å²) in [4.78, 5) is 58.2. The molecule has 0 spiro atoms. The Balaban J connectivity index is 0.860. The van der Waals surface area contributed by atoms with Crippen molar-refractivity contribution in [3.63, 3.8) is 0 Å². The van der Waals surface area contributed by atoms with E-state index in [-0.39, 0.29) is 71.9 Å². The zero-order valence-corrected chi connectivity index (χ0v) is 32.6. The van der Waals surface area contributed by atoms with Gasteiger partial charge in [-0.25, -0.2) is 22.6 Å². The van der Waals surface area contributed by atoms with Gasteiger partial charge in [0.15, 0.2) is 0 Å². The quantitative estimate of drug-likeness (QED) is 0.168. The number of urea groups is 1. The van der Waals surface area contributed by atoms with Gasteiger partial charge in [-0.3, -0.25) is 38.6 Å². The van der Waals surface area contributed by atoms with Crippen LogP contribution in [0.1, 0.15) is 41.2 Å².